The Kier molecular flexibility index (Phi) is 3.94. The van der Waals surface area contributed by atoms with E-state index in [1.54, 1.807) is 0 Å². The second kappa shape index (κ2) is 5.89. The lowest BCUT2D eigenvalue weighted by molar-refractivity contribution is 0.0589. The molecule has 0 amide bonds. The molecule has 0 aromatic carbocycles. The Morgan fingerprint density at radius 3 is 2.76 bits per heavy atom. The zero-order valence-electron chi connectivity index (χ0n) is 12.3. The van der Waals surface area contributed by atoms with Crippen molar-refractivity contribution >= 4 is 21.7 Å². The van der Waals surface area contributed by atoms with Crippen molar-refractivity contribution in [1.29, 1.82) is 0 Å². The lowest BCUT2D eigenvalue weighted by Crippen LogP contribution is -2.32. The fraction of sp³-hybridized carbons (Fsp3) is 0.800. The van der Waals surface area contributed by atoms with E-state index in [0.717, 1.165) is 38.5 Å². The summed E-state index contributed by atoms with van der Waals surface area (Å²) in [6.07, 6.45) is 6.17. The van der Waals surface area contributed by atoms with Crippen molar-refractivity contribution in [2.24, 2.45) is 0 Å². The number of hydrogen-bond donors (Lipinski definition) is 2. The van der Waals surface area contributed by atoms with Gasteiger partial charge < -0.3 is 15.4 Å². The average Bonchev–Trinajstić information content (AvgIpc) is 3.17. The van der Waals surface area contributed by atoms with Crippen LogP contribution in [0.1, 0.15) is 49.8 Å². The Bertz CT molecular complexity index is 506. The van der Waals surface area contributed by atoms with Gasteiger partial charge in [0.15, 0.2) is 0 Å². The fourth-order valence-electron chi connectivity index (χ4n) is 3.90. The van der Waals surface area contributed by atoms with Gasteiger partial charge in [-0.3, -0.25) is 0 Å². The summed E-state index contributed by atoms with van der Waals surface area (Å²) in [4.78, 5) is 0. The van der Waals surface area contributed by atoms with Crippen LogP contribution in [0.25, 0.3) is 0 Å². The quantitative estimate of drug-likeness (QED) is 0.857. The van der Waals surface area contributed by atoms with Gasteiger partial charge in [-0.2, -0.15) is 5.10 Å². The van der Waals surface area contributed by atoms with Crippen molar-refractivity contribution in [1.82, 2.24) is 15.1 Å². The molecule has 5 nitrogen and oxygen atoms in total. The molecule has 1 aromatic heterocycles. The molecule has 0 aliphatic carbocycles. The van der Waals surface area contributed by atoms with E-state index in [2.05, 4.69) is 31.2 Å². The smallest absolute Gasteiger partial charge is 0.139 e. The Morgan fingerprint density at radius 1 is 1.14 bits per heavy atom. The Morgan fingerprint density at radius 2 is 2.00 bits per heavy atom. The van der Waals surface area contributed by atoms with Crippen LogP contribution < -0.4 is 10.6 Å². The summed E-state index contributed by atoms with van der Waals surface area (Å²) in [5.41, 5.74) is 1.24. The fourth-order valence-corrected chi connectivity index (χ4v) is 4.62. The molecule has 4 rings (SSSR count). The minimum absolute atomic E-state index is 0.346. The maximum atomic E-state index is 5.93. The van der Waals surface area contributed by atoms with Gasteiger partial charge in [-0.15, -0.1) is 0 Å². The number of fused-ring (bicyclic) bond motifs is 1. The van der Waals surface area contributed by atoms with Crippen molar-refractivity contribution in [2.45, 2.75) is 50.2 Å². The largest absolute Gasteiger partial charge is 0.376 e. The number of hydrogen-bond acceptors (Lipinski definition) is 4. The van der Waals surface area contributed by atoms with Crippen molar-refractivity contribution in [2.75, 3.05) is 31.6 Å². The second-order valence-electron chi connectivity index (χ2n) is 6.35. The third kappa shape index (κ3) is 2.51. The number of halogens is 1. The van der Waals surface area contributed by atoms with E-state index in [-0.39, 0.29) is 0 Å². The monoisotopic (exact) mass is 354 g/mol. The highest BCUT2D eigenvalue weighted by atomic mass is 79.9. The van der Waals surface area contributed by atoms with E-state index in [4.69, 9.17) is 9.84 Å². The molecule has 4 heterocycles. The molecule has 2 N–H and O–H groups in total. The maximum absolute atomic E-state index is 5.93. The molecule has 0 saturated carbocycles. The summed E-state index contributed by atoms with van der Waals surface area (Å²) >= 11 is 3.80. The van der Waals surface area contributed by atoms with Crippen molar-refractivity contribution in [3.05, 3.63) is 10.2 Å². The standard InChI is InChI=1S/C15H23BrN4O/c16-13-14(10-3-6-17-7-4-10)19-20-11(5-8-18-15(13)20)12-2-1-9-21-12/h10-12,17-18H,1-9H2. The van der Waals surface area contributed by atoms with Gasteiger partial charge in [0, 0.05) is 19.1 Å². The molecule has 3 aliphatic heterocycles. The summed E-state index contributed by atoms with van der Waals surface area (Å²) in [6, 6.07) is 0.399. The summed E-state index contributed by atoms with van der Waals surface area (Å²) in [6.45, 7) is 4.12. The van der Waals surface area contributed by atoms with Crippen LogP contribution in [-0.4, -0.2) is 42.1 Å². The van der Waals surface area contributed by atoms with Crippen LogP contribution in [0, 0.1) is 0 Å². The van der Waals surface area contributed by atoms with Gasteiger partial charge >= 0.3 is 0 Å². The van der Waals surface area contributed by atoms with E-state index >= 15 is 0 Å². The molecule has 2 unspecified atom stereocenters. The van der Waals surface area contributed by atoms with Crippen molar-refractivity contribution in [3.63, 3.8) is 0 Å². The molecule has 0 bridgehead atoms. The zero-order valence-corrected chi connectivity index (χ0v) is 13.9. The first kappa shape index (κ1) is 14.0. The number of anilines is 1. The molecule has 2 fully saturated rings. The lowest BCUT2D eigenvalue weighted by atomic mass is 9.95. The van der Waals surface area contributed by atoms with Crippen LogP contribution in [0.3, 0.4) is 0 Å². The van der Waals surface area contributed by atoms with E-state index in [9.17, 15) is 0 Å². The summed E-state index contributed by atoms with van der Waals surface area (Å²) in [5, 5.41) is 12.0. The molecule has 0 radical (unpaired) electrons. The Labute approximate surface area is 133 Å². The van der Waals surface area contributed by atoms with Gasteiger partial charge in [0.25, 0.3) is 0 Å². The molecule has 2 saturated heterocycles. The zero-order chi connectivity index (χ0) is 14.2. The minimum Gasteiger partial charge on any atom is -0.376 e. The number of piperidine rings is 1. The molecule has 2 atom stereocenters. The van der Waals surface area contributed by atoms with Gasteiger partial charge in [-0.1, -0.05) is 0 Å². The van der Waals surface area contributed by atoms with Gasteiger partial charge in [-0.25, -0.2) is 4.68 Å². The highest BCUT2D eigenvalue weighted by Crippen LogP contribution is 2.41. The van der Waals surface area contributed by atoms with Crippen LogP contribution >= 0.6 is 15.9 Å². The van der Waals surface area contributed by atoms with Gasteiger partial charge in [-0.05, 0) is 61.1 Å². The number of rotatable bonds is 2. The number of nitrogens with one attached hydrogen (secondary N) is 2. The van der Waals surface area contributed by atoms with Crippen LogP contribution in [0.4, 0.5) is 5.82 Å². The van der Waals surface area contributed by atoms with E-state index < -0.39 is 0 Å². The first-order valence-corrected chi connectivity index (χ1v) is 8.98. The lowest BCUT2D eigenvalue weighted by Gasteiger charge is -2.29. The molecule has 3 aliphatic rings. The molecular weight excluding hydrogens is 332 g/mol. The van der Waals surface area contributed by atoms with E-state index in [1.165, 1.54) is 35.8 Å². The highest BCUT2D eigenvalue weighted by molar-refractivity contribution is 9.10. The SMILES string of the molecule is Brc1c(C2CCNCC2)nn2c1NCCC2C1CCCO1. The predicted octanol–water partition coefficient (Wildman–Crippen LogP) is 2.65. The van der Waals surface area contributed by atoms with Crippen LogP contribution in [0.15, 0.2) is 4.47 Å². The first-order valence-electron chi connectivity index (χ1n) is 8.18. The van der Waals surface area contributed by atoms with Crippen molar-refractivity contribution in [3.8, 4) is 0 Å². The normalized spacial score (nSPS) is 30.1. The van der Waals surface area contributed by atoms with Gasteiger partial charge in [0.1, 0.15) is 5.82 Å². The van der Waals surface area contributed by atoms with Crippen LogP contribution in [0.2, 0.25) is 0 Å². The number of nitrogens with zero attached hydrogens (tertiary/aromatic N) is 2. The van der Waals surface area contributed by atoms with Crippen molar-refractivity contribution < 1.29 is 4.74 Å². The number of ether oxygens (including phenoxy) is 1. The van der Waals surface area contributed by atoms with Gasteiger partial charge in [0.2, 0.25) is 0 Å². The van der Waals surface area contributed by atoms with Crippen LogP contribution in [-0.2, 0) is 4.74 Å². The highest BCUT2D eigenvalue weighted by Gasteiger charge is 2.35. The Balaban J connectivity index is 1.65. The summed E-state index contributed by atoms with van der Waals surface area (Å²) < 4.78 is 9.32. The molecule has 1 aromatic rings. The topological polar surface area (TPSA) is 51.1 Å². The third-order valence-electron chi connectivity index (χ3n) is 5.04. The molecular formula is C15H23BrN4O. The molecule has 0 spiro atoms. The Hall–Kier alpha value is -0.590. The molecule has 21 heavy (non-hydrogen) atoms. The van der Waals surface area contributed by atoms with E-state index in [0.29, 0.717) is 18.1 Å². The second-order valence-corrected chi connectivity index (χ2v) is 7.14. The molecule has 6 heteroatoms. The van der Waals surface area contributed by atoms with Gasteiger partial charge in [0.05, 0.1) is 22.3 Å². The average molecular weight is 355 g/mol. The molecule has 116 valence electrons. The summed E-state index contributed by atoms with van der Waals surface area (Å²) in [5.74, 6) is 1.74. The minimum atomic E-state index is 0.346. The van der Waals surface area contributed by atoms with Crippen LogP contribution in [0.5, 0.6) is 0 Å². The van der Waals surface area contributed by atoms with E-state index in [1.807, 2.05) is 0 Å². The number of aromatic nitrogens is 2. The maximum Gasteiger partial charge on any atom is 0.139 e. The summed E-state index contributed by atoms with van der Waals surface area (Å²) in [7, 11) is 0. The predicted molar refractivity (Wildman–Crippen MR) is 85.9 cm³/mol. The third-order valence-corrected chi connectivity index (χ3v) is 5.83. The first-order chi connectivity index (χ1) is 10.3.